The number of ether oxygens (including phenoxy) is 1. The maximum absolute atomic E-state index is 12.6. The second-order valence-electron chi connectivity index (χ2n) is 7.95. The molecule has 146 valence electrons. The molecule has 0 saturated carbocycles. The van der Waals surface area contributed by atoms with Crippen LogP contribution in [0, 0.1) is 5.92 Å². The summed E-state index contributed by atoms with van der Waals surface area (Å²) in [5.41, 5.74) is 1.24. The van der Waals surface area contributed by atoms with E-state index in [0.717, 1.165) is 39.0 Å². The van der Waals surface area contributed by atoms with E-state index >= 15 is 0 Å². The number of nitrogens with one attached hydrogen (secondary N) is 1. The Morgan fingerprint density at radius 1 is 1.42 bits per heavy atom. The molecule has 3 heterocycles. The minimum Gasteiger partial charge on any atom is -0.376 e. The Bertz CT molecular complexity index is 599. The molecule has 1 aromatic heterocycles. The van der Waals surface area contributed by atoms with Crippen LogP contribution < -0.4 is 5.32 Å². The predicted molar refractivity (Wildman–Crippen MR) is 101 cm³/mol. The molecule has 0 unspecified atom stereocenters. The van der Waals surface area contributed by atoms with Crippen molar-refractivity contribution in [3.63, 3.8) is 0 Å². The second kappa shape index (κ2) is 8.39. The summed E-state index contributed by atoms with van der Waals surface area (Å²) in [5, 5.41) is 7.45. The van der Waals surface area contributed by atoms with Gasteiger partial charge in [-0.05, 0) is 52.1 Å². The van der Waals surface area contributed by atoms with Crippen molar-refractivity contribution in [1.29, 1.82) is 0 Å². The van der Waals surface area contributed by atoms with Gasteiger partial charge >= 0.3 is 6.03 Å². The highest BCUT2D eigenvalue weighted by atomic mass is 16.5. The van der Waals surface area contributed by atoms with Gasteiger partial charge in [0.1, 0.15) is 0 Å². The Morgan fingerprint density at radius 2 is 2.23 bits per heavy atom. The minimum absolute atomic E-state index is 0.00818. The number of hydrogen-bond acceptors (Lipinski definition) is 4. The number of nitrogens with zero attached hydrogens (tertiary/aromatic N) is 4. The lowest BCUT2D eigenvalue weighted by atomic mass is 9.86. The third-order valence-corrected chi connectivity index (χ3v) is 5.80. The highest BCUT2D eigenvalue weighted by Gasteiger charge is 2.33. The molecule has 7 nitrogen and oxygen atoms in total. The molecule has 0 aliphatic carbocycles. The van der Waals surface area contributed by atoms with E-state index in [1.807, 2.05) is 36.8 Å². The van der Waals surface area contributed by atoms with E-state index in [-0.39, 0.29) is 18.2 Å². The van der Waals surface area contributed by atoms with Crippen molar-refractivity contribution < 1.29 is 9.53 Å². The Hall–Kier alpha value is -1.60. The van der Waals surface area contributed by atoms with Crippen LogP contribution in [0.2, 0.25) is 0 Å². The average Bonchev–Trinajstić information content (AvgIpc) is 3.26. The zero-order valence-electron chi connectivity index (χ0n) is 16.5. The largest absolute Gasteiger partial charge is 0.376 e. The van der Waals surface area contributed by atoms with E-state index in [1.54, 1.807) is 0 Å². The molecule has 2 saturated heterocycles. The van der Waals surface area contributed by atoms with E-state index in [2.05, 4.69) is 28.6 Å². The van der Waals surface area contributed by atoms with Gasteiger partial charge in [0.25, 0.3) is 0 Å². The van der Waals surface area contributed by atoms with Gasteiger partial charge in [-0.2, -0.15) is 5.10 Å². The monoisotopic (exact) mass is 363 g/mol. The quantitative estimate of drug-likeness (QED) is 0.869. The lowest BCUT2D eigenvalue weighted by Crippen LogP contribution is -2.49. The molecule has 0 bridgehead atoms. The summed E-state index contributed by atoms with van der Waals surface area (Å²) in [6.07, 6.45) is 8.61. The first-order chi connectivity index (χ1) is 12.5. The summed E-state index contributed by atoms with van der Waals surface area (Å²) < 4.78 is 7.54. The highest BCUT2D eigenvalue weighted by Crippen LogP contribution is 2.35. The number of carbonyl (C=O) groups excluding carboxylic acids is 1. The van der Waals surface area contributed by atoms with Crippen molar-refractivity contribution >= 4 is 6.03 Å². The van der Waals surface area contributed by atoms with Crippen LogP contribution in [0.4, 0.5) is 4.79 Å². The van der Waals surface area contributed by atoms with Gasteiger partial charge in [-0.1, -0.05) is 0 Å². The fourth-order valence-corrected chi connectivity index (χ4v) is 4.40. The first-order valence-electron chi connectivity index (χ1n) is 9.77. The normalized spacial score (nSPS) is 28.1. The number of aromatic nitrogens is 2. The van der Waals surface area contributed by atoms with Gasteiger partial charge in [-0.3, -0.25) is 9.58 Å². The van der Waals surface area contributed by atoms with Gasteiger partial charge < -0.3 is 15.0 Å². The predicted octanol–water partition coefficient (Wildman–Crippen LogP) is 2.01. The second-order valence-corrected chi connectivity index (χ2v) is 7.95. The van der Waals surface area contributed by atoms with Gasteiger partial charge in [0.05, 0.1) is 18.3 Å². The Labute approximate surface area is 156 Å². The molecule has 0 radical (unpaired) electrons. The van der Waals surface area contributed by atoms with Crippen LogP contribution in [0.5, 0.6) is 0 Å². The van der Waals surface area contributed by atoms with Crippen LogP contribution in [0.15, 0.2) is 12.4 Å². The van der Waals surface area contributed by atoms with E-state index in [9.17, 15) is 4.79 Å². The molecule has 4 atom stereocenters. The number of carbonyl (C=O) groups is 1. The number of urea groups is 1. The molecule has 0 spiro atoms. The molecule has 26 heavy (non-hydrogen) atoms. The highest BCUT2D eigenvalue weighted by molar-refractivity contribution is 5.74. The number of rotatable bonds is 5. The molecule has 2 aliphatic rings. The number of amides is 2. The standard InChI is InChI=1S/C19H33N5O2/c1-14(17-8-6-10-26-17)21-19(25)23(3)12-15-7-5-9-22(2)18(15)16-11-20-24(4)13-16/h11,13-15,17-18H,5-10,12H2,1-4H3,(H,21,25)/t14-,15-,17+,18+/m0/s1. The summed E-state index contributed by atoms with van der Waals surface area (Å²) in [7, 11) is 6.02. The maximum atomic E-state index is 12.6. The van der Waals surface area contributed by atoms with Crippen LogP contribution in [0.3, 0.4) is 0 Å². The van der Waals surface area contributed by atoms with Crippen molar-refractivity contribution in [3.05, 3.63) is 18.0 Å². The van der Waals surface area contributed by atoms with Gasteiger partial charge in [0, 0.05) is 45.0 Å². The molecule has 3 rings (SSSR count). The molecule has 0 aromatic carbocycles. The summed E-state index contributed by atoms with van der Waals surface area (Å²) >= 11 is 0. The zero-order chi connectivity index (χ0) is 18.7. The fourth-order valence-electron chi connectivity index (χ4n) is 4.40. The van der Waals surface area contributed by atoms with Crippen molar-refractivity contribution in [1.82, 2.24) is 24.9 Å². The summed E-state index contributed by atoms with van der Waals surface area (Å²) in [6.45, 7) is 4.67. The summed E-state index contributed by atoms with van der Waals surface area (Å²) in [4.78, 5) is 16.9. The lowest BCUT2D eigenvalue weighted by molar-refractivity contribution is 0.0793. The van der Waals surface area contributed by atoms with Gasteiger partial charge in [-0.15, -0.1) is 0 Å². The molecular weight excluding hydrogens is 330 g/mol. The van der Waals surface area contributed by atoms with Crippen LogP contribution in [0.25, 0.3) is 0 Å². The van der Waals surface area contributed by atoms with Gasteiger partial charge in [-0.25, -0.2) is 4.79 Å². The van der Waals surface area contributed by atoms with Crippen LogP contribution >= 0.6 is 0 Å². The Balaban J connectivity index is 1.60. The summed E-state index contributed by atoms with van der Waals surface area (Å²) in [6, 6.07) is 0.352. The molecule has 2 fully saturated rings. The summed E-state index contributed by atoms with van der Waals surface area (Å²) in [5.74, 6) is 0.409. The average molecular weight is 364 g/mol. The van der Waals surface area contributed by atoms with E-state index in [4.69, 9.17) is 4.74 Å². The van der Waals surface area contributed by atoms with Crippen molar-refractivity contribution in [2.75, 3.05) is 33.8 Å². The smallest absolute Gasteiger partial charge is 0.317 e. The van der Waals surface area contributed by atoms with Crippen molar-refractivity contribution in [2.45, 2.75) is 50.8 Å². The van der Waals surface area contributed by atoms with Crippen LogP contribution in [-0.2, 0) is 11.8 Å². The topological polar surface area (TPSA) is 62.6 Å². The molecule has 2 aliphatic heterocycles. The van der Waals surface area contributed by atoms with Crippen molar-refractivity contribution in [2.24, 2.45) is 13.0 Å². The van der Waals surface area contributed by atoms with E-state index in [0.29, 0.717) is 12.0 Å². The van der Waals surface area contributed by atoms with Crippen molar-refractivity contribution in [3.8, 4) is 0 Å². The number of aryl methyl sites for hydroxylation is 1. The number of hydrogen-bond donors (Lipinski definition) is 1. The molecular formula is C19H33N5O2. The SMILES string of the molecule is C[C@H](NC(=O)N(C)C[C@@H]1CCCN(C)[C@H]1c1cnn(C)c1)[C@H]1CCCO1. The van der Waals surface area contributed by atoms with Crippen LogP contribution in [-0.4, -0.2) is 71.5 Å². The van der Waals surface area contributed by atoms with Gasteiger partial charge in [0.15, 0.2) is 0 Å². The first kappa shape index (κ1) is 19.2. The number of piperidine rings is 1. The number of likely N-dealkylation sites (tertiary alicyclic amines) is 1. The molecule has 1 N–H and O–H groups in total. The third kappa shape index (κ3) is 4.38. The Morgan fingerprint density at radius 3 is 2.88 bits per heavy atom. The van der Waals surface area contributed by atoms with E-state index < -0.39 is 0 Å². The Kier molecular flexibility index (Phi) is 6.19. The maximum Gasteiger partial charge on any atom is 0.317 e. The first-order valence-corrected chi connectivity index (χ1v) is 9.77. The molecule has 1 aromatic rings. The van der Waals surface area contributed by atoms with Gasteiger partial charge in [0.2, 0.25) is 0 Å². The van der Waals surface area contributed by atoms with E-state index in [1.165, 1.54) is 12.0 Å². The molecule has 7 heteroatoms. The fraction of sp³-hybridized carbons (Fsp3) is 0.789. The molecule has 2 amide bonds. The third-order valence-electron chi connectivity index (χ3n) is 5.80. The zero-order valence-corrected chi connectivity index (χ0v) is 16.5. The van der Waals surface area contributed by atoms with Crippen LogP contribution in [0.1, 0.15) is 44.2 Å². The lowest BCUT2D eigenvalue weighted by Gasteiger charge is -2.40. The minimum atomic E-state index is -0.00818.